The first kappa shape index (κ1) is 12.6. The number of methoxy groups -OCH3 is 1. The second-order valence-electron chi connectivity index (χ2n) is 3.63. The first-order chi connectivity index (χ1) is 8.70. The standard InChI is InChI=1S/C13H13NO3S/c1-16-13(15)12-9(5-6-17-12)8-18-11-4-2-3-10(14)7-11/h2-7H,8,14H2,1H3. The molecule has 1 aromatic heterocycles. The summed E-state index contributed by atoms with van der Waals surface area (Å²) in [6.45, 7) is 0. The maximum absolute atomic E-state index is 11.4. The van der Waals surface area contributed by atoms with E-state index in [-0.39, 0.29) is 5.76 Å². The largest absolute Gasteiger partial charge is 0.463 e. The van der Waals surface area contributed by atoms with Crippen LogP contribution in [0.1, 0.15) is 16.1 Å². The van der Waals surface area contributed by atoms with Crippen LogP contribution in [-0.4, -0.2) is 13.1 Å². The minimum atomic E-state index is -0.455. The van der Waals surface area contributed by atoms with E-state index in [9.17, 15) is 4.79 Å². The highest BCUT2D eigenvalue weighted by Crippen LogP contribution is 2.26. The predicted octanol–water partition coefficient (Wildman–Crippen LogP) is 2.94. The lowest BCUT2D eigenvalue weighted by Crippen LogP contribution is -2.02. The molecule has 0 saturated carbocycles. The van der Waals surface area contributed by atoms with Crippen molar-refractivity contribution in [1.82, 2.24) is 0 Å². The predicted molar refractivity (Wildman–Crippen MR) is 70.5 cm³/mol. The summed E-state index contributed by atoms with van der Waals surface area (Å²) in [4.78, 5) is 12.5. The fraction of sp³-hybridized carbons (Fsp3) is 0.154. The Morgan fingerprint density at radius 2 is 2.28 bits per heavy atom. The molecular formula is C13H13NO3S. The lowest BCUT2D eigenvalue weighted by molar-refractivity contribution is 0.0564. The average molecular weight is 263 g/mol. The summed E-state index contributed by atoms with van der Waals surface area (Å²) in [6, 6.07) is 9.36. The molecule has 0 atom stereocenters. The topological polar surface area (TPSA) is 65.5 Å². The molecule has 0 aliphatic carbocycles. The third-order valence-corrected chi connectivity index (χ3v) is 3.41. The fourth-order valence-corrected chi connectivity index (χ4v) is 2.43. The van der Waals surface area contributed by atoms with Crippen molar-refractivity contribution in [3.05, 3.63) is 47.9 Å². The van der Waals surface area contributed by atoms with Crippen LogP contribution in [0.5, 0.6) is 0 Å². The normalized spacial score (nSPS) is 10.3. The number of anilines is 1. The molecule has 0 unspecified atom stereocenters. The minimum absolute atomic E-state index is 0.258. The van der Waals surface area contributed by atoms with Crippen molar-refractivity contribution in [3.8, 4) is 0 Å². The van der Waals surface area contributed by atoms with Crippen LogP contribution in [0.4, 0.5) is 5.69 Å². The zero-order valence-corrected chi connectivity index (χ0v) is 10.7. The van der Waals surface area contributed by atoms with Crippen LogP contribution in [0.15, 0.2) is 45.9 Å². The van der Waals surface area contributed by atoms with Crippen LogP contribution in [0.2, 0.25) is 0 Å². The molecule has 4 nitrogen and oxygen atoms in total. The Kier molecular flexibility index (Phi) is 3.94. The number of benzene rings is 1. The molecule has 2 aromatic rings. The van der Waals surface area contributed by atoms with Gasteiger partial charge in [0.25, 0.3) is 0 Å². The van der Waals surface area contributed by atoms with Crippen molar-refractivity contribution in [2.45, 2.75) is 10.6 Å². The number of hydrogen-bond donors (Lipinski definition) is 1. The lowest BCUT2D eigenvalue weighted by atomic mass is 10.3. The van der Waals surface area contributed by atoms with Gasteiger partial charge in [0.05, 0.1) is 13.4 Å². The van der Waals surface area contributed by atoms with Gasteiger partial charge in [-0.3, -0.25) is 0 Å². The number of hydrogen-bond acceptors (Lipinski definition) is 5. The lowest BCUT2D eigenvalue weighted by Gasteiger charge is -2.02. The number of esters is 1. The molecule has 2 rings (SSSR count). The summed E-state index contributed by atoms with van der Waals surface area (Å²) >= 11 is 1.59. The third-order valence-electron chi connectivity index (χ3n) is 2.37. The number of ether oxygens (including phenoxy) is 1. The fourth-order valence-electron chi connectivity index (χ4n) is 1.49. The molecule has 1 heterocycles. The van der Waals surface area contributed by atoms with Crippen LogP contribution in [0.3, 0.4) is 0 Å². The van der Waals surface area contributed by atoms with E-state index in [0.717, 1.165) is 16.1 Å². The molecule has 2 N–H and O–H groups in total. The molecule has 0 fully saturated rings. The maximum atomic E-state index is 11.4. The summed E-state index contributed by atoms with van der Waals surface area (Å²) in [5.74, 6) is 0.432. The van der Waals surface area contributed by atoms with E-state index in [1.807, 2.05) is 24.3 Å². The minimum Gasteiger partial charge on any atom is -0.463 e. The number of rotatable bonds is 4. The summed E-state index contributed by atoms with van der Waals surface area (Å²) in [5, 5.41) is 0. The van der Waals surface area contributed by atoms with Crippen molar-refractivity contribution in [2.75, 3.05) is 12.8 Å². The molecule has 0 spiro atoms. The monoisotopic (exact) mass is 263 g/mol. The third kappa shape index (κ3) is 2.87. The quantitative estimate of drug-likeness (QED) is 0.522. The van der Waals surface area contributed by atoms with E-state index < -0.39 is 5.97 Å². The summed E-state index contributed by atoms with van der Waals surface area (Å²) in [5.41, 5.74) is 7.24. The van der Waals surface area contributed by atoms with Crippen LogP contribution < -0.4 is 5.73 Å². The Bertz CT molecular complexity index is 551. The Labute approximate surface area is 109 Å². The van der Waals surface area contributed by atoms with E-state index in [2.05, 4.69) is 4.74 Å². The first-order valence-corrected chi connectivity index (χ1v) is 6.32. The summed E-state index contributed by atoms with van der Waals surface area (Å²) < 4.78 is 9.76. The van der Waals surface area contributed by atoms with E-state index in [0.29, 0.717) is 5.75 Å². The van der Waals surface area contributed by atoms with E-state index in [1.54, 1.807) is 17.8 Å². The summed E-state index contributed by atoms with van der Waals surface area (Å²) in [7, 11) is 1.33. The van der Waals surface area contributed by atoms with Gasteiger partial charge in [-0.15, -0.1) is 11.8 Å². The van der Waals surface area contributed by atoms with Gasteiger partial charge < -0.3 is 14.9 Å². The zero-order valence-electron chi connectivity index (χ0n) is 9.88. The Hall–Kier alpha value is -1.88. The van der Waals surface area contributed by atoms with E-state index >= 15 is 0 Å². The van der Waals surface area contributed by atoms with Crippen LogP contribution in [0, 0.1) is 0 Å². The average Bonchev–Trinajstić information content (AvgIpc) is 2.84. The molecule has 18 heavy (non-hydrogen) atoms. The summed E-state index contributed by atoms with van der Waals surface area (Å²) in [6.07, 6.45) is 1.49. The van der Waals surface area contributed by atoms with Gasteiger partial charge in [-0.05, 0) is 24.3 Å². The molecule has 5 heteroatoms. The highest BCUT2D eigenvalue weighted by molar-refractivity contribution is 7.98. The highest BCUT2D eigenvalue weighted by atomic mass is 32.2. The number of nitrogens with two attached hydrogens (primary N) is 1. The van der Waals surface area contributed by atoms with Gasteiger partial charge in [0.2, 0.25) is 5.76 Å². The van der Waals surface area contributed by atoms with Crippen molar-refractivity contribution >= 4 is 23.4 Å². The molecule has 0 saturated heterocycles. The number of carbonyl (C=O) groups excluding carboxylic acids is 1. The van der Waals surface area contributed by atoms with Gasteiger partial charge in [-0.2, -0.15) is 0 Å². The zero-order chi connectivity index (χ0) is 13.0. The van der Waals surface area contributed by atoms with E-state index in [4.69, 9.17) is 10.2 Å². The Morgan fingerprint density at radius 1 is 1.44 bits per heavy atom. The molecule has 0 bridgehead atoms. The highest BCUT2D eigenvalue weighted by Gasteiger charge is 2.15. The first-order valence-electron chi connectivity index (χ1n) is 5.33. The van der Waals surface area contributed by atoms with Crippen LogP contribution in [-0.2, 0) is 10.5 Å². The SMILES string of the molecule is COC(=O)c1occc1CSc1cccc(N)c1. The van der Waals surface area contributed by atoms with Gasteiger partial charge in [0.15, 0.2) is 0 Å². The van der Waals surface area contributed by atoms with Crippen molar-refractivity contribution in [3.63, 3.8) is 0 Å². The second kappa shape index (κ2) is 5.64. The molecule has 0 radical (unpaired) electrons. The number of nitrogen functional groups attached to an aromatic ring is 1. The van der Waals surface area contributed by atoms with Gasteiger partial charge >= 0.3 is 5.97 Å². The molecule has 94 valence electrons. The Balaban J connectivity index is 2.07. The van der Waals surface area contributed by atoms with E-state index in [1.165, 1.54) is 13.4 Å². The van der Waals surface area contributed by atoms with Gasteiger partial charge in [0, 0.05) is 21.9 Å². The van der Waals surface area contributed by atoms with Crippen molar-refractivity contribution < 1.29 is 13.9 Å². The number of furan rings is 1. The maximum Gasteiger partial charge on any atom is 0.374 e. The smallest absolute Gasteiger partial charge is 0.374 e. The van der Waals surface area contributed by atoms with Crippen LogP contribution in [0.25, 0.3) is 0 Å². The van der Waals surface area contributed by atoms with Crippen molar-refractivity contribution in [2.24, 2.45) is 0 Å². The Morgan fingerprint density at radius 3 is 3.00 bits per heavy atom. The number of thioether (sulfide) groups is 1. The van der Waals surface area contributed by atoms with Gasteiger partial charge in [0.1, 0.15) is 0 Å². The molecule has 1 aromatic carbocycles. The molecule has 0 amide bonds. The van der Waals surface area contributed by atoms with Gasteiger partial charge in [-0.25, -0.2) is 4.79 Å². The second-order valence-corrected chi connectivity index (χ2v) is 4.68. The molecule has 0 aliphatic rings. The van der Waals surface area contributed by atoms with Crippen molar-refractivity contribution in [1.29, 1.82) is 0 Å². The van der Waals surface area contributed by atoms with Crippen LogP contribution >= 0.6 is 11.8 Å². The number of carbonyl (C=O) groups is 1. The molecule has 0 aliphatic heterocycles. The van der Waals surface area contributed by atoms with Gasteiger partial charge in [-0.1, -0.05) is 6.07 Å². The molecular weight excluding hydrogens is 250 g/mol.